The van der Waals surface area contributed by atoms with E-state index in [1.54, 1.807) is 58.6 Å². The van der Waals surface area contributed by atoms with E-state index in [4.69, 9.17) is 18.9 Å². The molecule has 4 amide bonds. The Morgan fingerprint density at radius 3 is 2.29 bits per heavy atom. The Kier molecular flexibility index (Phi) is 11.6. The average Bonchev–Trinajstić information content (AvgIpc) is 3.93. The second-order valence-corrected chi connectivity index (χ2v) is 16.2. The molecule has 12 heteroatoms. The number of benzene rings is 2. The molecule has 1 N–H and O–H groups in total. The van der Waals surface area contributed by atoms with Crippen molar-refractivity contribution in [3.63, 3.8) is 0 Å². The van der Waals surface area contributed by atoms with E-state index >= 15 is 0 Å². The number of anilines is 2. The number of fused-ring (bicyclic) bond motifs is 1. The number of amides is 4. The van der Waals surface area contributed by atoms with Crippen LogP contribution in [-0.2, 0) is 28.6 Å². The molecule has 0 radical (unpaired) electrons. The van der Waals surface area contributed by atoms with E-state index in [0.717, 1.165) is 18.4 Å². The van der Waals surface area contributed by atoms with Crippen LogP contribution in [0.3, 0.4) is 0 Å². The molecule has 0 bridgehead atoms. The van der Waals surface area contributed by atoms with Gasteiger partial charge in [0, 0.05) is 52.2 Å². The van der Waals surface area contributed by atoms with Crippen molar-refractivity contribution < 1.29 is 38.1 Å². The van der Waals surface area contributed by atoms with E-state index in [1.165, 1.54) is 4.90 Å². The Morgan fingerprint density at radius 2 is 1.67 bits per heavy atom. The number of hydrogen-bond acceptors (Lipinski definition) is 8. The lowest BCUT2D eigenvalue weighted by molar-refractivity contribution is -0.133. The highest BCUT2D eigenvalue weighted by atomic mass is 16.6. The first-order chi connectivity index (χ1) is 24.5. The van der Waals surface area contributed by atoms with Gasteiger partial charge in [0.05, 0.1) is 29.2 Å². The number of carbonyl (C=O) groups excluding carboxylic acids is 4. The summed E-state index contributed by atoms with van der Waals surface area (Å²) >= 11 is 0. The normalized spacial score (nSPS) is 20.8. The molecule has 2 aromatic rings. The number of ether oxygens (including phenoxy) is 4. The van der Waals surface area contributed by atoms with Crippen molar-refractivity contribution in [2.45, 2.75) is 103 Å². The van der Waals surface area contributed by atoms with Gasteiger partial charge >= 0.3 is 6.09 Å². The Balaban J connectivity index is 1.46. The van der Waals surface area contributed by atoms with Crippen LogP contribution >= 0.6 is 0 Å². The summed E-state index contributed by atoms with van der Waals surface area (Å²) in [6.45, 7) is 13.8. The molecule has 5 rings (SSSR count). The molecular formula is C40H56N4O8. The van der Waals surface area contributed by atoms with Gasteiger partial charge in [-0.25, -0.2) is 4.79 Å². The number of hydrogen-bond donors (Lipinski definition) is 1. The van der Waals surface area contributed by atoms with Crippen LogP contribution in [0.15, 0.2) is 48.5 Å². The van der Waals surface area contributed by atoms with Crippen molar-refractivity contribution >= 4 is 35.2 Å². The number of methoxy groups -OCH3 is 2. The summed E-state index contributed by atoms with van der Waals surface area (Å²) in [5.74, 6) is -1.44. The summed E-state index contributed by atoms with van der Waals surface area (Å²) in [5, 5.41) is 3.20. The molecule has 0 spiro atoms. The number of nitrogens with one attached hydrogen (secondary N) is 1. The van der Waals surface area contributed by atoms with Crippen LogP contribution in [0.25, 0.3) is 0 Å². The molecule has 3 atom stereocenters. The third-order valence-electron chi connectivity index (χ3n) is 9.98. The van der Waals surface area contributed by atoms with Crippen molar-refractivity contribution in [2.24, 2.45) is 11.8 Å². The zero-order chi connectivity index (χ0) is 38.0. The van der Waals surface area contributed by atoms with Gasteiger partial charge in [0.2, 0.25) is 11.8 Å². The van der Waals surface area contributed by atoms with Gasteiger partial charge in [0.25, 0.3) is 5.91 Å². The van der Waals surface area contributed by atoms with Gasteiger partial charge in [-0.3, -0.25) is 14.4 Å². The summed E-state index contributed by atoms with van der Waals surface area (Å²) < 4.78 is 23.0. The molecule has 0 unspecified atom stereocenters. The summed E-state index contributed by atoms with van der Waals surface area (Å²) in [6, 6.07) is 14.6. The van der Waals surface area contributed by atoms with Gasteiger partial charge in [-0.1, -0.05) is 30.3 Å². The maximum atomic E-state index is 14.7. The van der Waals surface area contributed by atoms with E-state index in [0.29, 0.717) is 36.7 Å². The smallest absolute Gasteiger partial charge is 0.410 e. The summed E-state index contributed by atoms with van der Waals surface area (Å²) in [5.41, 5.74) is -0.447. The number of nitrogens with zero attached hydrogens (tertiary/aromatic N) is 3. The molecule has 3 aliphatic rings. The first-order valence-electron chi connectivity index (χ1n) is 18.3. The predicted octanol–water partition coefficient (Wildman–Crippen LogP) is 5.88. The molecule has 1 aliphatic carbocycles. The van der Waals surface area contributed by atoms with Gasteiger partial charge in [-0.05, 0) is 97.9 Å². The minimum Gasteiger partial charge on any atom is -0.476 e. The molecule has 12 nitrogen and oxygen atoms in total. The molecule has 2 fully saturated rings. The molecule has 1 saturated heterocycles. The monoisotopic (exact) mass is 720 g/mol. The van der Waals surface area contributed by atoms with E-state index in [9.17, 15) is 19.2 Å². The quantitative estimate of drug-likeness (QED) is 0.270. The maximum Gasteiger partial charge on any atom is 0.410 e. The van der Waals surface area contributed by atoms with Crippen LogP contribution < -0.4 is 19.9 Å². The highest BCUT2D eigenvalue weighted by Gasteiger charge is 2.46. The van der Waals surface area contributed by atoms with Gasteiger partial charge < -0.3 is 39.0 Å². The van der Waals surface area contributed by atoms with E-state index < -0.39 is 40.8 Å². The van der Waals surface area contributed by atoms with Crippen molar-refractivity contribution in [2.75, 3.05) is 50.3 Å². The Bertz CT molecular complexity index is 1620. The minimum atomic E-state index is -1.05. The SMILES string of the molecule is COCCCN1C(=O)C(C)(C)Oc2ccc(N(C(=O)[C@@H]3C[C@H](C(=O)N[C@H](c4ccccc4)C(C)(C)OC)CN(C(=O)OC(C)(C)C)C3)C3CC3)cc21. The maximum absolute atomic E-state index is 14.7. The molecule has 52 heavy (non-hydrogen) atoms. The first-order valence-corrected chi connectivity index (χ1v) is 18.3. The fourth-order valence-corrected chi connectivity index (χ4v) is 6.97. The van der Waals surface area contributed by atoms with Crippen molar-refractivity contribution in [3.8, 4) is 5.75 Å². The van der Waals surface area contributed by atoms with E-state index in [1.807, 2.05) is 62.4 Å². The highest BCUT2D eigenvalue weighted by Crippen LogP contribution is 2.43. The fourth-order valence-electron chi connectivity index (χ4n) is 6.97. The van der Waals surface area contributed by atoms with Crippen LogP contribution in [0.1, 0.15) is 85.8 Å². The highest BCUT2D eigenvalue weighted by molar-refractivity contribution is 6.04. The Hall–Kier alpha value is -4.16. The third kappa shape index (κ3) is 8.89. The van der Waals surface area contributed by atoms with Gasteiger partial charge in [0.1, 0.15) is 11.4 Å². The largest absolute Gasteiger partial charge is 0.476 e. The van der Waals surface area contributed by atoms with Crippen LogP contribution in [0.4, 0.5) is 16.2 Å². The molecule has 2 aliphatic heterocycles. The van der Waals surface area contributed by atoms with Crippen LogP contribution in [0.2, 0.25) is 0 Å². The summed E-state index contributed by atoms with van der Waals surface area (Å²) in [6.07, 6.45) is 1.94. The number of piperidine rings is 1. The predicted molar refractivity (Wildman–Crippen MR) is 198 cm³/mol. The van der Waals surface area contributed by atoms with Crippen LogP contribution in [0, 0.1) is 11.8 Å². The molecule has 0 aromatic heterocycles. The Labute approximate surface area is 308 Å². The Morgan fingerprint density at radius 1 is 1.00 bits per heavy atom. The lowest BCUT2D eigenvalue weighted by Gasteiger charge is -2.41. The summed E-state index contributed by atoms with van der Waals surface area (Å²) in [4.78, 5) is 61.0. The van der Waals surface area contributed by atoms with Gasteiger partial charge in [-0.2, -0.15) is 0 Å². The molecule has 1 saturated carbocycles. The van der Waals surface area contributed by atoms with E-state index in [2.05, 4.69) is 5.32 Å². The second-order valence-electron chi connectivity index (χ2n) is 16.2. The van der Waals surface area contributed by atoms with E-state index in [-0.39, 0.29) is 43.3 Å². The molecule has 2 aromatic carbocycles. The minimum absolute atomic E-state index is 0.0433. The zero-order valence-corrected chi connectivity index (χ0v) is 32.2. The standard InChI is InChI=1S/C40H56N4O8/c1-38(2,3)52-37(48)42-24-27(34(45)41-33(39(4,5)50-9)26-14-11-10-12-15-26)22-28(25-42)35(46)44(29-16-17-29)30-18-19-32-31(23-30)43(20-13-21-49-8)36(47)40(6,7)51-32/h10-12,14-15,18-19,23,27-29,33H,13,16-17,20-22,24-25H2,1-9H3,(H,41,45)/t27-,28+,33+/m0/s1. The second kappa shape index (κ2) is 15.4. The van der Waals surface area contributed by atoms with Crippen molar-refractivity contribution in [1.82, 2.24) is 10.2 Å². The average molecular weight is 721 g/mol. The lowest BCUT2D eigenvalue weighted by Crippen LogP contribution is -2.55. The van der Waals surface area contributed by atoms with Gasteiger partial charge in [-0.15, -0.1) is 0 Å². The molecule has 2 heterocycles. The topological polar surface area (TPSA) is 127 Å². The van der Waals surface area contributed by atoms with Crippen LogP contribution in [-0.4, -0.2) is 92.0 Å². The van der Waals surface area contributed by atoms with Gasteiger partial charge in [0.15, 0.2) is 5.60 Å². The van der Waals surface area contributed by atoms with Crippen molar-refractivity contribution in [1.29, 1.82) is 0 Å². The summed E-state index contributed by atoms with van der Waals surface area (Å²) in [7, 11) is 3.23. The zero-order valence-electron chi connectivity index (χ0n) is 32.2. The molecule has 284 valence electrons. The fraction of sp³-hybridized carbons (Fsp3) is 0.600. The lowest BCUT2D eigenvalue weighted by atomic mass is 9.86. The third-order valence-corrected chi connectivity index (χ3v) is 9.98. The first kappa shape index (κ1) is 39.1. The number of likely N-dealkylation sites (tertiary alicyclic amines) is 1. The number of rotatable bonds is 12. The van der Waals surface area contributed by atoms with Crippen LogP contribution in [0.5, 0.6) is 5.75 Å². The molecular weight excluding hydrogens is 664 g/mol. The van der Waals surface area contributed by atoms with Crippen molar-refractivity contribution in [3.05, 3.63) is 54.1 Å². The number of carbonyl (C=O) groups is 4.